The van der Waals surface area contributed by atoms with E-state index in [1.807, 2.05) is 12.1 Å². The largest absolute Gasteiger partial charge is 0.321 e. The molecular weight excluding hydrogens is 284 g/mol. The highest BCUT2D eigenvalue weighted by Gasteiger charge is 2.08. The molecule has 0 unspecified atom stereocenters. The minimum Gasteiger partial charge on any atom is -0.321 e. The summed E-state index contributed by atoms with van der Waals surface area (Å²) >= 11 is 7.14. The maximum Gasteiger partial charge on any atom is 0.275 e. The van der Waals surface area contributed by atoms with Gasteiger partial charge in [-0.3, -0.25) is 4.79 Å². The maximum atomic E-state index is 11.9. The summed E-state index contributed by atoms with van der Waals surface area (Å²) in [6.45, 7) is 0. The third-order valence-corrected chi connectivity index (χ3v) is 3.43. The minimum atomic E-state index is -0.326. The number of aromatic nitrogens is 3. The molecule has 5 nitrogen and oxygen atoms in total. The fourth-order valence-corrected chi connectivity index (χ4v) is 2.37. The first kappa shape index (κ1) is 12.0. The van der Waals surface area contributed by atoms with Crippen LogP contribution in [0.2, 0.25) is 5.15 Å². The van der Waals surface area contributed by atoms with Crippen LogP contribution in [-0.2, 0) is 0 Å². The molecule has 0 aliphatic rings. The average Bonchev–Trinajstić information content (AvgIpc) is 2.87. The second kappa shape index (κ2) is 4.91. The summed E-state index contributed by atoms with van der Waals surface area (Å²) in [5, 5.41) is 3.01. The monoisotopic (exact) mass is 290 g/mol. The summed E-state index contributed by atoms with van der Waals surface area (Å²) in [5.74, 6) is -0.326. The van der Waals surface area contributed by atoms with Crippen molar-refractivity contribution < 1.29 is 4.79 Å². The van der Waals surface area contributed by atoms with Crippen molar-refractivity contribution in [3.63, 3.8) is 0 Å². The van der Waals surface area contributed by atoms with Crippen molar-refractivity contribution >= 4 is 44.7 Å². The maximum absolute atomic E-state index is 11.9. The van der Waals surface area contributed by atoms with E-state index in [0.29, 0.717) is 5.69 Å². The van der Waals surface area contributed by atoms with Gasteiger partial charge in [-0.1, -0.05) is 11.6 Å². The Hall–Kier alpha value is -2.05. The molecule has 7 heteroatoms. The Morgan fingerprint density at radius 2 is 2.11 bits per heavy atom. The number of hydrogen-bond donors (Lipinski definition) is 1. The van der Waals surface area contributed by atoms with Crippen LogP contribution in [0.3, 0.4) is 0 Å². The van der Waals surface area contributed by atoms with Crippen LogP contribution >= 0.6 is 22.9 Å². The van der Waals surface area contributed by atoms with Crippen LogP contribution in [0.4, 0.5) is 5.69 Å². The lowest BCUT2D eigenvalue weighted by Gasteiger charge is -2.04. The lowest BCUT2D eigenvalue weighted by Crippen LogP contribution is -2.13. The predicted molar refractivity (Wildman–Crippen MR) is 74.6 cm³/mol. The first-order valence-electron chi connectivity index (χ1n) is 5.34. The van der Waals surface area contributed by atoms with Gasteiger partial charge < -0.3 is 5.32 Å². The van der Waals surface area contributed by atoms with E-state index in [1.54, 1.807) is 11.6 Å². The number of anilines is 1. The number of nitrogens with zero attached hydrogens (tertiary/aromatic N) is 3. The third kappa shape index (κ3) is 2.54. The van der Waals surface area contributed by atoms with Crippen molar-refractivity contribution in [2.24, 2.45) is 0 Å². The molecule has 3 rings (SSSR count). The van der Waals surface area contributed by atoms with Crippen LogP contribution in [0.5, 0.6) is 0 Å². The number of halogens is 1. The summed E-state index contributed by atoms with van der Waals surface area (Å²) in [4.78, 5) is 23.8. The Labute approximate surface area is 117 Å². The average molecular weight is 291 g/mol. The van der Waals surface area contributed by atoms with E-state index in [2.05, 4.69) is 20.3 Å². The lowest BCUT2D eigenvalue weighted by atomic mass is 10.3. The normalized spacial score (nSPS) is 10.6. The molecule has 3 aromatic rings. The Morgan fingerprint density at radius 3 is 2.89 bits per heavy atom. The van der Waals surface area contributed by atoms with Crippen LogP contribution in [0, 0.1) is 0 Å². The van der Waals surface area contributed by atoms with Gasteiger partial charge in [-0.25, -0.2) is 15.0 Å². The van der Waals surface area contributed by atoms with E-state index in [-0.39, 0.29) is 16.8 Å². The molecule has 1 amide bonds. The van der Waals surface area contributed by atoms with Crippen molar-refractivity contribution in [3.05, 3.63) is 47.0 Å². The quantitative estimate of drug-likeness (QED) is 0.788. The first-order valence-corrected chi connectivity index (χ1v) is 6.60. The molecule has 19 heavy (non-hydrogen) atoms. The fourth-order valence-electron chi connectivity index (χ4n) is 1.56. The molecule has 0 bridgehead atoms. The van der Waals surface area contributed by atoms with E-state index in [1.165, 1.54) is 23.7 Å². The number of amides is 1. The van der Waals surface area contributed by atoms with Gasteiger partial charge in [0.05, 0.1) is 28.1 Å². The van der Waals surface area contributed by atoms with Crippen molar-refractivity contribution in [2.45, 2.75) is 0 Å². The molecule has 0 radical (unpaired) electrons. The lowest BCUT2D eigenvalue weighted by molar-refractivity contribution is 0.102. The van der Waals surface area contributed by atoms with Crippen LogP contribution in [0.15, 0.2) is 36.1 Å². The van der Waals surface area contributed by atoms with Crippen LogP contribution in [-0.4, -0.2) is 20.9 Å². The molecule has 0 atom stereocenters. The molecular formula is C12H7ClN4OS. The number of fused-ring (bicyclic) bond motifs is 1. The molecule has 0 saturated carbocycles. The highest BCUT2D eigenvalue weighted by Crippen LogP contribution is 2.22. The van der Waals surface area contributed by atoms with Gasteiger partial charge in [-0.05, 0) is 18.2 Å². The Kier molecular flexibility index (Phi) is 3.10. The number of hydrogen-bond acceptors (Lipinski definition) is 5. The Balaban J connectivity index is 1.83. The first-order chi connectivity index (χ1) is 9.22. The van der Waals surface area contributed by atoms with Gasteiger partial charge in [0.2, 0.25) is 0 Å². The number of nitrogens with one attached hydrogen (secondary N) is 1. The Morgan fingerprint density at radius 1 is 1.21 bits per heavy atom. The van der Waals surface area contributed by atoms with E-state index >= 15 is 0 Å². The molecule has 2 aromatic heterocycles. The highest BCUT2D eigenvalue weighted by atomic mass is 35.5. The second-order valence-corrected chi connectivity index (χ2v) is 4.99. The molecule has 1 N–H and O–H groups in total. The summed E-state index contributed by atoms with van der Waals surface area (Å²) in [5.41, 5.74) is 3.59. The van der Waals surface area contributed by atoms with E-state index in [0.717, 1.165) is 10.2 Å². The minimum absolute atomic E-state index is 0.216. The summed E-state index contributed by atoms with van der Waals surface area (Å²) < 4.78 is 1.01. The van der Waals surface area contributed by atoms with Crippen molar-refractivity contribution in [1.29, 1.82) is 0 Å². The molecule has 0 aliphatic carbocycles. The van der Waals surface area contributed by atoms with Gasteiger partial charge in [-0.2, -0.15) is 0 Å². The topological polar surface area (TPSA) is 67.8 Å². The second-order valence-electron chi connectivity index (χ2n) is 3.71. The van der Waals surface area contributed by atoms with Gasteiger partial charge in [0.25, 0.3) is 5.91 Å². The Bertz CT molecular complexity index is 741. The molecule has 2 heterocycles. The standard InChI is InChI=1S/C12H7ClN4OS/c13-11-5-14-9(4-15-11)12(18)17-7-1-2-8-10(3-7)19-6-16-8/h1-6H,(H,17,18). The summed E-state index contributed by atoms with van der Waals surface area (Å²) in [6, 6.07) is 5.52. The molecule has 94 valence electrons. The zero-order valence-corrected chi connectivity index (χ0v) is 11.1. The van der Waals surface area contributed by atoms with Gasteiger partial charge in [0.15, 0.2) is 0 Å². The van der Waals surface area contributed by atoms with Crippen LogP contribution in [0.1, 0.15) is 10.5 Å². The number of carbonyl (C=O) groups excluding carboxylic acids is 1. The van der Waals surface area contributed by atoms with Gasteiger partial charge in [0.1, 0.15) is 10.8 Å². The fraction of sp³-hybridized carbons (Fsp3) is 0. The number of rotatable bonds is 2. The molecule has 0 spiro atoms. The van der Waals surface area contributed by atoms with Gasteiger partial charge in [-0.15, -0.1) is 11.3 Å². The number of benzene rings is 1. The van der Waals surface area contributed by atoms with Crippen LogP contribution < -0.4 is 5.32 Å². The smallest absolute Gasteiger partial charge is 0.275 e. The molecule has 0 aliphatic heterocycles. The van der Waals surface area contributed by atoms with E-state index < -0.39 is 0 Å². The number of carbonyl (C=O) groups is 1. The van der Waals surface area contributed by atoms with Gasteiger partial charge >= 0.3 is 0 Å². The molecule has 0 saturated heterocycles. The zero-order chi connectivity index (χ0) is 13.2. The predicted octanol–water partition coefficient (Wildman–Crippen LogP) is 2.99. The van der Waals surface area contributed by atoms with Crippen molar-refractivity contribution in [3.8, 4) is 0 Å². The van der Waals surface area contributed by atoms with E-state index in [4.69, 9.17) is 11.6 Å². The third-order valence-electron chi connectivity index (χ3n) is 2.44. The van der Waals surface area contributed by atoms with Crippen LogP contribution in [0.25, 0.3) is 10.2 Å². The summed E-state index contributed by atoms with van der Waals surface area (Å²) in [6.07, 6.45) is 2.67. The van der Waals surface area contributed by atoms with Crippen molar-refractivity contribution in [2.75, 3.05) is 5.32 Å². The SMILES string of the molecule is O=C(Nc1ccc2ncsc2c1)c1cnc(Cl)cn1. The van der Waals surface area contributed by atoms with E-state index in [9.17, 15) is 4.79 Å². The summed E-state index contributed by atoms with van der Waals surface area (Å²) in [7, 11) is 0. The molecule has 0 fully saturated rings. The highest BCUT2D eigenvalue weighted by molar-refractivity contribution is 7.16. The molecule has 1 aromatic carbocycles. The number of thiazole rings is 1. The van der Waals surface area contributed by atoms with Crippen molar-refractivity contribution in [1.82, 2.24) is 15.0 Å². The zero-order valence-electron chi connectivity index (χ0n) is 9.50. The van der Waals surface area contributed by atoms with Gasteiger partial charge in [0, 0.05) is 5.69 Å².